The number of H-pyrrole nitrogens is 1. The lowest BCUT2D eigenvalue weighted by atomic mass is 10.0. The van der Waals surface area contributed by atoms with Crippen molar-refractivity contribution in [1.29, 1.82) is 0 Å². The van der Waals surface area contributed by atoms with Crippen LogP contribution in [0.4, 0.5) is 5.69 Å². The molecule has 40 heavy (non-hydrogen) atoms. The molecule has 0 radical (unpaired) electrons. The average Bonchev–Trinajstić information content (AvgIpc) is 3.37. The van der Waals surface area contributed by atoms with E-state index >= 15 is 0 Å². The van der Waals surface area contributed by atoms with Gasteiger partial charge in [-0.05, 0) is 48.9 Å². The minimum Gasteiger partial charge on any atom is -0.497 e. The number of carbonyl (C=O) groups excluding carboxylic acids is 2. The summed E-state index contributed by atoms with van der Waals surface area (Å²) in [6.07, 6.45) is 0. The topological polar surface area (TPSA) is 74.9 Å². The van der Waals surface area contributed by atoms with Gasteiger partial charge in [-0.25, -0.2) is 4.79 Å². The first-order valence-corrected chi connectivity index (χ1v) is 14.7. The Labute approximate surface area is 243 Å². The summed E-state index contributed by atoms with van der Waals surface area (Å²) < 4.78 is 10.9. The summed E-state index contributed by atoms with van der Waals surface area (Å²) in [5, 5.41) is 0.989. The van der Waals surface area contributed by atoms with Crippen molar-refractivity contribution >= 4 is 51.8 Å². The number of fused-ring (bicyclic) bond motifs is 1. The van der Waals surface area contributed by atoms with Crippen molar-refractivity contribution in [2.45, 2.75) is 12.2 Å². The van der Waals surface area contributed by atoms with Crippen molar-refractivity contribution in [2.75, 3.05) is 50.5 Å². The second-order valence-corrected chi connectivity index (χ2v) is 11.0. The third-order valence-electron chi connectivity index (χ3n) is 7.10. The standard InChI is InChI=1S/C31H32ClN3O4S/c1-3-39-31(37)29-28(24-19-22(38-2)13-14-26(24)33-29)30(23-11-7-8-12-25(23)32)40-20-27(36)35-17-15-34(16-18-35)21-9-5-4-6-10-21/h4-14,19,30,33H,3,15-18,20H2,1-2H3/t30-/m1/s1. The third kappa shape index (κ3) is 5.93. The van der Waals surface area contributed by atoms with Gasteiger partial charge in [-0.2, -0.15) is 0 Å². The Balaban J connectivity index is 1.44. The largest absolute Gasteiger partial charge is 0.497 e. The van der Waals surface area contributed by atoms with Crippen LogP contribution in [0.25, 0.3) is 10.9 Å². The van der Waals surface area contributed by atoms with Gasteiger partial charge in [-0.15, -0.1) is 11.8 Å². The Morgan fingerprint density at radius 1 is 1.00 bits per heavy atom. The van der Waals surface area contributed by atoms with Crippen LogP contribution in [0.15, 0.2) is 72.8 Å². The zero-order valence-corrected chi connectivity index (χ0v) is 24.1. The zero-order valence-electron chi connectivity index (χ0n) is 22.6. The number of thioether (sulfide) groups is 1. The first-order chi connectivity index (χ1) is 19.5. The van der Waals surface area contributed by atoms with Gasteiger partial charge >= 0.3 is 5.97 Å². The van der Waals surface area contributed by atoms with Crippen LogP contribution in [0.1, 0.15) is 33.8 Å². The van der Waals surface area contributed by atoms with Crippen molar-refractivity contribution in [2.24, 2.45) is 0 Å². The molecule has 7 nitrogen and oxygen atoms in total. The van der Waals surface area contributed by atoms with Gasteiger partial charge in [0.15, 0.2) is 0 Å². The molecule has 1 aliphatic rings. The van der Waals surface area contributed by atoms with E-state index in [9.17, 15) is 9.59 Å². The highest BCUT2D eigenvalue weighted by atomic mass is 35.5. The Morgan fingerprint density at radius 3 is 2.42 bits per heavy atom. The summed E-state index contributed by atoms with van der Waals surface area (Å²) in [4.78, 5) is 34.1. The highest BCUT2D eigenvalue weighted by Crippen LogP contribution is 2.44. The van der Waals surface area contributed by atoms with E-state index < -0.39 is 11.2 Å². The highest BCUT2D eigenvalue weighted by molar-refractivity contribution is 8.00. The van der Waals surface area contributed by atoms with Gasteiger partial charge in [0.2, 0.25) is 5.91 Å². The van der Waals surface area contributed by atoms with E-state index in [4.69, 9.17) is 21.1 Å². The van der Waals surface area contributed by atoms with Crippen LogP contribution in [-0.4, -0.2) is 67.4 Å². The molecule has 1 atom stereocenters. The van der Waals surface area contributed by atoms with Gasteiger partial charge in [-0.3, -0.25) is 4.79 Å². The molecule has 1 fully saturated rings. The van der Waals surface area contributed by atoms with Crippen LogP contribution in [0.5, 0.6) is 5.75 Å². The number of nitrogens with one attached hydrogen (secondary N) is 1. The molecule has 9 heteroatoms. The second kappa shape index (κ2) is 12.7. The monoisotopic (exact) mass is 577 g/mol. The first kappa shape index (κ1) is 27.9. The maximum Gasteiger partial charge on any atom is 0.355 e. The number of benzene rings is 3. The molecule has 4 aromatic rings. The first-order valence-electron chi connectivity index (χ1n) is 13.3. The van der Waals surface area contributed by atoms with E-state index in [1.165, 1.54) is 17.4 Å². The number of aromatic nitrogens is 1. The summed E-state index contributed by atoms with van der Waals surface area (Å²) in [6, 6.07) is 23.4. The summed E-state index contributed by atoms with van der Waals surface area (Å²) in [6.45, 7) is 4.90. The summed E-state index contributed by atoms with van der Waals surface area (Å²) >= 11 is 8.18. The maximum absolute atomic E-state index is 13.5. The van der Waals surface area contributed by atoms with Crippen molar-refractivity contribution in [3.05, 3.63) is 94.6 Å². The number of carbonyl (C=O) groups is 2. The number of methoxy groups -OCH3 is 1. The number of amides is 1. The smallest absolute Gasteiger partial charge is 0.355 e. The fraction of sp³-hybridized carbons (Fsp3) is 0.290. The molecule has 0 bridgehead atoms. The highest BCUT2D eigenvalue weighted by Gasteiger charge is 2.30. The third-order valence-corrected chi connectivity index (χ3v) is 8.68. The van der Waals surface area contributed by atoms with Gasteiger partial charge < -0.3 is 24.3 Å². The number of ether oxygens (including phenoxy) is 2. The van der Waals surface area contributed by atoms with Crippen LogP contribution >= 0.6 is 23.4 Å². The number of anilines is 1. The van der Waals surface area contributed by atoms with Crippen molar-refractivity contribution in [3.63, 3.8) is 0 Å². The lowest BCUT2D eigenvalue weighted by Gasteiger charge is -2.36. The molecule has 3 aromatic carbocycles. The summed E-state index contributed by atoms with van der Waals surface area (Å²) in [5.41, 5.74) is 3.85. The van der Waals surface area contributed by atoms with Crippen molar-refractivity contribution < 1.29 is 19.1 Å². The van der Waals surface area contributed by atoms with Crippen LogP contribution in [0, 0.1) is 0 Å². The van der Waals surface area contributed by atoms with Gasteiger partial charge in [0.1, 0.15) is 11.4 Å². The van der Waals surface area contributed by atoms with Crippen molar-refractivity contribution in [3.8, 4) is 5.75 Å². The number of hydrogen-bond donors (Lipinski definition) is 1. The van der Waals surface area contributed by atoms with Gasteiger partial charge in [0, 0.05) is 53.4 Å². The Hall–Kier alpha value is -3.62. The molecule has 1 N–H and O–H groups in total. The predicted molar refractivity (Wildman–Crippen MR) is 162 cm³/mol. The molecule has 208 valence electrons. The van der Waals surface area contributed by atoms with E-state index in [2.05, 4.69) is 22.0 Å². The molecule has 0 aliphatic carbocycles. The van der Waals surface area contributed by atoms with E-state index in [-0.39, 0.29) is 18.3 Å². The number of esters is 1. The number of nitrogens with zero attached hydrogens (tertiary/aromatic N) is 2. The van der Waals surface area contributed by atoms with E-state index in [1.54, 1.807) is 14.0 Å². The Kier molecular flexibility index (Phi) is 8.87. The average molecular weight is 578 g/mol. The number of halogens is 1. The summed E-state index contributed by atoms with van der Waals surface area (Å²) in [7, 11) is 1.61. The molecule has 0 unspecified atom stereocenters. The molecular formula is C31H32ClN3O4S. The lowest BCUT2D eigenvalue weighted by molar-refractivity contribution is -0.128. The molecule has 5 rings (SSSR count). The Bertz CT molecular complexity index is 1480. The van der Waals surface area contributed by atoms with Crippen LogP contribution in [0.2, 0.25) is 5.02 Å². The molecule has 1 aromatic heterocycles. The minimum absolute atomic E-state index is 0.0601. The van der Waals surface area contributed by atoms with Crippen molar-refractivity contribution in [1.82, 2.24) is 9.88 Å². The zero-order chi connectivity index (χ0) is 28.1. The normalized spacial score (nSPS) is 14.3. The van der Waals surface area contributed by atoms with E-state index in [1.807, 2.05) is 65.6 Å². The van der Waals surface area contributed by atoms with Gasteiger partial charge in [0.25, 0.3) is 0 Å². The maximum atomic E-state index is 13.5. The quantitative estimate of drug-likeness (QED) is 0.240. The fourth-order valence-corrected chi connectivity index (χ4v) is 6.67. The number of piperazine rings is 1. The van der Waals surface area contributed by atoms with Crippen LogP contribution < -0.4 is 9.64 Å². The lowest BCUT2D eigenvalue weighted by Crippen LogP contribution is -2.49. The minimum atomic E-state index is -0.450. The molecule has 1 aliphatic heterocycles. The molecule has 0 saturated carbocycles. The molecule has 2 heterocycles. The SMILES string of the molecule is CCOC(=O)c1[nH]c2ccc(OC)cc2c1[C@H](SCC(=O)N1CCN(c2ccccc2)CC1)c1ccccc1Cl. The number of para-hydroxylation sites is 1. The second-order valence-electron chi connectivity index (χ2n) is 9.46. The van der Waals surface area contributed by atoms with Gasteiger partial charge in [-0.1, -0.05) is 48.0 Å². The Morgan fingerprint density at radius 2 is 1.73 bits per heavy atom. The molecular weight excluding hydrogens is 546 g/mol. The summed E-state index contributed by atoms with van der Waals surface area (Å²) in [5.74, 6) is 0.511. The van der Waals surface area contributed by atoms with Crippen LogP contribution in [0.3, 0.4) is 0 Å². The van der Waals surface area contributed by atoms with E-state index in [0.717, 1.165) is 35.1 Å². The molecule has 0 spiro atoms. The predicted octanol–water partition coefficient (Wildman–Crippen LogP) is 6.18. The number of aromatic amines is 1. The van der Waals surface area contributed by atoms with Gasteiger partial charge in [0.05, 0.1) is 24.7 Å². The van der Waals surface area contributed by atoms with E-state index in [0.29, 0.717) is 29.6 Å². The fourth-order valence-electron chi connectivity index (χ4n) is 5.07. The number of rotatable bonds is 9. The van der Waals surface area contributed by atoms with Crippen LogP contribution in [-0.2, 0) is 9.53 Å². The molecule has 1 amide bonds. The molecule has 1 saturated heterocycles. The number of hydrogen-bond acceptors (Lipinski definition) is 6.